The molecule has 4 heteroatoms. The summed E-state index contributed by atoms with van der Waals surface area (Å²) in [4.78, 5) is 6.60. The molecule has 0 saturated carbocycles. The summed E-state index contributed by atoms with van der Waals surface area (Å²) in [5, 5.41) is 12.4. The predicted octanol–water partition coefficient (Wildman–Crippen LogP) is 1.81. The third-order valence-corrected chi connectivity index (χ3v) is 2.96. The molecule has 2 N–H and O–H groups in total. The van der Waals surface area contributed by atoms with Crippen molar-refractivity contribution in [2.75, 3.05) is 26.2 Å². The Hall–Kier alpha value is -1.23. The van der Waals surface area contributed by atoms with Gasteiger partial charge in [-0.15, -0.1) is 6.58 Å². The number of nitrogens with one attached hydrogen (secondary N) is 1. The van der Waals surface area contributed by atoms with Crippen LogP contribution < -0.4 is 5.32 Å². The number of aliphatic hydroxyl groups is 1. The molecule has 0 aliphatic carbocycles. The number of hydrogen-bond acceptors (Lipinski definition) is 4. The van der Waals surface area contributed by atoms with E-state index in [9.17, 15) is 0 Å². The number of hydrogen-bond donors (Lipinski definition) is 2. The van der Waals surface area contributed by atoms with Crippen molar-refractivity contribution in [1.82, 2.24) is 15.2 Å². The van der Waals surface area contributed by atoms with Gasteiger partial charge in [-0.1, -0.05) is 26.0 Å². The highest BCUT2D eigenvalue weighted by Crippen LogP contribution is 2.04. The van der Waals surface area contributed by atoms with Gasteiger partial charge in [0.05, 0.1) is 12.3 Å². The van der Waals surface area contributed by atoms with Gasteiger partial charge < -0.3 is 10.4 Å². The Labute approximate surface area is 122 Å². The summed E-state index contributed by atoms with van der Waals surface area (Å²) in [5.41, 5.74) is 2.22. The van der Waals surface area contributed by atoms with Crippen molar-refractivity contribution in [2.45, 2.75) is 26.9 Å². The molecule has 0 aliphatic heterocycles. The topological polar surface area (TPSA) is 48.4 Å². The van der Waals surface area contributed by atoms with E-state index in [-0.39, 0.29) is 6.61 Å². The second-order valence-electron chi connectivity index (χ2n) is 5.43. The lowest BCUT2D eigenvalue weighted by atomic mass is 10.2. The molecule has 0 aliphatic rings. The minimum Gasteiger partial charge on any atom is -0.395 e. The van der Waals surface area contributed by atoms with Gasteiger partial charge in [0, 0.05) is 32.4 Å². The zero-order valence-electron chi connectivity index (χ0n) is 12.7. The zero-order chi connectivity index (χ0) is 14.8. The molecule has 0 atom stereocenters. The van der Waals surface area contributed by atoms with Crippen LogP contribution in [0.25, 0.3) is 0 Å². The number of aromatic nitrogens is 1. The first kappa shape index (κ1) is 16.8. The molecule has 0 saturated heterocycles. The van der Waals surface area contributed by atoms with Gasteiger partial charge in [0.25, 0.3) is 0 Å². The van der Waals surface area contributed by atoms with Crippen LogP contribution >= 0.6 is 0 Å². The van der Waals surface area contributed by atoms with Crippen molar-refractivity contribution in [2.24, 2.45) is 5.92 Å². The smallest absolute Gasteiger partial charge is 0.0558 e. The second kappa shape index (κ2) is 9.64. The Balaban J connectivity index is 2.46. The maximum Gasteiger partial charge on any atom is 0.0558 e. The Morgan fingerprint density at radius 3 is 2.80 bits per heavy atom. The van der Waals surface area contributed by atoms with Crippen molar-refractivity contribution < 1.29 is 5.11 Å². The Morgan fingerprint density at radius 1 is 1.45 bits per heavy atom. The van der Waals surface area contributed by atoms with Gasteiger partial charge in [-0.05, 0) is 24.1 Å². The van der Waals surface area contributed by atoms with Gasteiger partial charge in [-0.3, -0.25) is 9.88 Å². The minimum atomic E-state index is 0.158. The van der Waals surface area contributed by atoms with Crippen molar-refractivity contribution >= 4 is 0 Å². The van der Waals surface area contributed by atoms with E-state index < -0.39 is 0 Å². The van der Waals surface area contributed by atoms with Crippen LogP contribution in [0.3, 0.4) is 0 Å². The van der Waals surface area contributed by atoms with E-state index in [1.165, 1.54) is 5.56 Å². The maximum absolute atomic E-state index is 9.02. The fraction of sp³-hybridized carbons (Fsp3) is 0.562. The van der Waals surface area contributed by atoms with E-state index in [0.29, 0.717) is 12.5 Å². The molecule has 112 valence electrons. The Kier molecular flexibility index (Phi) is 8.11. The molecule has 4 nitrogen and oxygen atoms in total. The van der Waals surface area contributed by atoms with Crippen LogP contribution in [-0.2, 0) is 13.1 Å². The highest BCUT2D eigenvalue weighted by atomic mass is 16.3. The molecule has 0 bridgehead atoms. The number of rotatable bonds is 10. The summed E-state index contributed by atoms with van der Waals surface area (Å²) in [6.07, 6.45) is 3.77. The van der Waals surface area contributed by atoms with E-state index in [2.05, 4.69) is 47.8 Å². The Bertz CT molecular complexity index is 376. The monoisotopic (exact) mass is 277 g/mol. The average Bonchev–Trinajstić information content (AvgIpc) is 2.41. The molecule has 0 fully saturated rings. The fourth-order valence-electron chi connectivity index (χ4n) is 1.95. The van der Waals surface area contributed by atoms with Crippen LogP contribution in [0.5, 0.6) is 0 Å². The van der Waals surface area contributed by atoms with Crippen LogP contribution in [0.1, 0.15) is 25.1 Å². The van der Waals surface area contributed by atoms with Crippen LogP contribution in [-0.4, -0.2) is 41.2 Å². The molecule has 1 aromatic heterocycles. The van der Waals surface area contributed by atoms with E-state index in [4.69, 9.17) is 5.11 Å². The summed E-state index contributed by atoms with van der Waals surface area (Å²) in [6, 6.07) is 4.17. The lowest BCUT2D eigenvalue weighted by molar-refractivity contribution is 0.202. The lowest BCUT2D eigenvalue weighted by Gasteiger charge is -2.18. The summed E-state index contributed by atoms with van der Waals surface area (Å²) in [7, 11) is 0. The molecule has 0 radical (unpaired) electrons. The zero-order valence-corrected chi connectivity index (χ0v) is 12.7. The average molecular weight is 277 g/mol. The predicted molar refractivity (Wildman–Crippen MR) is 83.3 cm³/mol. The molecule has 0 amide bonds. The molecular weight excluding hydrogens is 250 g/mol. The SMILES string of the molecule is C=CCN(CCO)Cc1ccc(CNCC(C)C)cn1. The standard InChI is InChI=1S/C16H27N3O/c1-4-7-19(8-9-20)13-16-6-5-15(12-18-16)11-17-10-14(2)3/h4-6,12,14,17,20H,1,7-11,13H2,2-3H3. The Morgan fingerprint density at radius 2 is 2.25 bits per heavy atom. The quantitative estimate of drug-likeness (QED) is 0.640. The van der Waals surface area contributed by atoms with Crippen molar-refractivity contribution in [3.63, 3.8) is 0 Å². The molecule has 1 aromatic rings. The first-order chi connectivity index (χ1) is 9.65. The van der Waals surface area contributed by atoms with Gasteiger partial charge in [0.2, 0.25) is 0 Å². The summed E-state index contributed by atoms with van der Waals surface area (Å²) >= 11 is 0. The van der Waals surface area contributed by atoms with Crippen LogP contribution in [0.4, 0.5) is 0 Å². The van der Waals surface area contributed by atoms with E-state index in [1.54, 1.807) is 0 Å². The molecule has 20 heavy (non-hydrogen) atoms. The van der Waals surface area contributed by atoms with Crippen molar-refractivity contribution in [3.8, 4) is 0 Å². The van der Waals surface area contributed by atoms with E-state index >= 15 is 0 Å². The summed E-state index contributed by atoms with van der Waals surface area (Å²) < 4.78 is 0. The second-order valence-corrected chi connectivity index (χ2v) is 5.43. The molecule has 0 aromatic carbocycles. The molecule has 0 spiro atoms. The molecular formula is C16H27N3O. The van der Waals surface area contributed by atoms with Gasteiger partial charge in [0.15, 0.2) is 0 Å². The highest BCUT2D eigenvalue weighted by molar-refractivity contribution is 5.14. The van der Waals surface area contributed by atoms with Gasteiger partial charge in [-0.2, -0.15) is 0 Å². The van der Waals surface area contributed by atoms with E-state index in [1.807, 2.05) is 12.3 Å². The summed E-state index contributed by atoms with van der Waals surface area (Å²) in [5.74, 6) is 0.660. The maximum atomic E-state index is 9.02. The third-order valence-electron chi connectivity index (χ3n) is 2.96. The van der Waals surface area contributed by atoms with Crippen LogP contribution in [0, 0.1) is 5.92 Å². The summed E-state index contributed by atoms with van der Waals surface area (Å²) in [6.45, 7) is 12.3. The number of nitrogens with zero attached hydrogens (tertiary/aromatic N) is 2. The highest BCUT2D eigenvalue weighted by Gasteiger charge is 2.04. The lowest BCUT2D eigenvalue weighted by Crippen LogP contribution is -2.27. The first-order valence-corrected chi connectivity index (χ1v) is 7.24. The third kappa shape index (κ3) is 6.80. The molecule has 1 heterocycles. The number of aliphatic hydroxyl groups excluding tert-OH is 1. The van der Waals surface area contributed by atoms with Gasteiger partial charge in [-0.25, -0.2) is 0 Å². The molecule has 0 unspecified atom stereocenters. The van der Waals surface area contributed by atoms with Crippen molar-refractivity contribution in [1.29, 1.82) is 0 Å². The number of pyridine rings is 1. The van der Waals surface area contributed by atoms with Crippen molar-refractivity contribution in [3.05, 3.63) is 42.2 Å². The minimum absolute atomic E-state index is 0.158. The first-order valence-electron chi connectivity index (χ1n) is 7.24. The fourth-order valence-corrected chi connectivity index (χ4v) is 1.95. The molecule has 1 rings (SSSR count). The van der Waals surface area contributed by atoms with Crippen LogP contribution in [0.15, 0.2) is 31.0 Å². The normalized spacial score (nSPS) is 11.2. The largest absolute Gasteiger partial charge is 0.395 e. The van der Waals surface area contributed by atoms with E-state index in [0.717, 1.165) is 31.9 Å². The van der Waals surface area contributed by atoms with Gasteiger partial charge in [0.1, 0.15) is 0 Å². The van der Waals surface area contributed by atoms with Crippen LogP contribution in [0.2, 0.25) is 0 Å². The van der Waals surface area contributed by atoms with Gasteiger partial charge >= 0.3 is 0 Å².